The standard InChI is InChI=1S/C5H9NO3.BrH/c7-5(8)4-3-9-2-1-6-4;/h4,6H,1-3H2,(H,7,8);1H. The van der Waals surface area contributed by atoms with Crippen molar-refractivity contribution in [1.29, 1.82) is 0 Å². The minimum Gasteiger partial charge on any atom is -0.480 e. The van der Waals surface area contributed by atoms with Crippen LogP contribution in [-0.4, -0.2) is 36.9 Å². The van der Waals surface area contributed by atoms with Crippen LogP contribution in [0.15, 0.2) is 0 Å². The summed E-state index contributed by atoms with van der Waals surface area (Å²) in [6, 6.07) is -0.501. The monoisotopic (exact) mass is 211 g/mol. The third kappa shape index (κ3) is 2.64. The van der Waals surface area contributed by atoms with Gasteiger partial charge in [-0.1, -0.05) is 0 Å². The maximum absolute atomic E-state index is 10.2. The Morgan fingerprint density at radius 1 is 1.70 bits per heavy atom. The third-order valence-electron chi connectivity index (χ3n) is 1.22. The summed E-state index contributed by atoms with van der Waals surface area (Å²) in [4.78, 5) is 10.2. The van der Waals surface area contributed by atoms with E-state index in [1.807, 2.05) is 0 Å². The van der Waals surface area contributed by atoms with Gasteiger partial charge in [0.05, 0.1) is 13.2 Å². The molecule has 1 aliphatic rings. The molecule has 1 rings (SSSR count). The number of nitrogens with one attached hydrogen (secondary N) is 1. The van der Waals surface area contributed by atoms with Crippen LogP contribution in [0.5, 0.6) is 0 Å². The van der Waals surface area contributed by atoms with Crippen LogP contribution in [0.2, 0.25) is 0 Å². The Balaban J connectivity index is 0.000000810. The lowest BCUT2D eigenvalue weighted by molar-refractivity contribution is -0.142. The lowest BCUT2D eigenvalue weighted by Crippen LogP contribution is -2.46. The van der Waals surface area contributed by atoms with Crippen LogP contribution in [0.1, 0.15) is 0 Å². The number of morpholine rings is 1. The summed E-state index contributed by atoms with van der Waals surface area (Å²) >= 11 is 0. The molecule has 0 amide bonds. The average molecular weight is 212 g/mol. The van der Waals surface area contributed by atoms with Crippen molar-refractivity contribution in [3.8, 4) is 0 Å². The second-order valence-corrected chi connectivity index (χ2v) is 1.92. The highest BCUT2D eigenvalue weighted by Gasteiger charge is 2.19. The molecule has 2 N–H and O–H groups in total. The van der Waals surface area contributed by atoms with Gasteiger partial charge in [0, 0.05) is 6.54 Å². The average Bonchev–Trinajstić information content (AvgIpc) is 1.90. The number of aliphatic carboxylic acids is 1. The van der Waals surface area contributed by atoms with E-state index in [1.165, 1.54) is 0 Å². The molecule has 0 radical (unpaired) electrons. The van der Waals surface area contributed by atoms with Crippen LogP contribution in [-0.2, 0) is 9.53 Å². The minimum atomic E-state index is -0.838. The molecule has 0 aromatic carbocycles. The maximum Gasteiger partial charge on any atom is 0.323 e. The topological polar surface area (TPSA) is 58.6 Å². The molecule has 0 spiro atoms. The van der Waals surface area contributed by atoms with Gasteiger partial charge in [0.2, 0.25) is 0 Å². The molecular weight excluding hydrogens is 202 g/mol. The Kier molecular flexibility index (Phi) is 4.59. The van der Waals surface area contributed by atoms with Crippen LogP contribution in [0.4, 0.5) is 0 Å². The van der Waals surface area contributed by atoms with Crippen LogP contribution >= 0.6 is 17.0 Å². The van der Waals surface area contributed by atoms with Gasteiger partial charge in [0.15, 0.2) is 0 Å². The summed E-state index contributed by atoms with van der Waals surface area (Å²) in [5.74, 6) is -0.838. The highest BCUT2D eigenvalue weighted by atomic mass is 79.9. The summed E-state index contributed by atoms with van der Waals surface area (Å²) < 4.78 is 4.90. The van der Waals surface area contributed by atoms with Gasteiger partial charge in [0.1, 0.15) is 6.04 Å². The van der Waals surface area contributed by atoms with Gasteiger partial charge >= 0.3 is 5.97 Å². The number of hydrogen-bond donors (Lipinski definition) is 2. The number of carboxylic acids is 1. The van der Waals surface area contributed by atoms with Gasteiger partial charge in [-0.2, -0.15) is 0 Å². The van der Waals surface area contributed by atoms with E-state index < -0.39 is 12.0 Å². The van der Waals surface area contributed by atoms with Crippen molar-refractivity contribution in [3.05, 3.63) is 0 Å². The fourth-order valence-electron chi connectivity index (χ4n) is 0.724. The van der Waals surface area contributed by atoms with Crippen molar-refractivity contribution in [3.63, 3.8) is 0 Å². The van der Waals surface area contributed by atoms with E-state index in [2.05, 4.69) is 5.32 Å². The third-order valence-corrected chi connectivity index (χ3v) is 1.22. The Bertz CT molecular complexity index is 113. The Morgan fingerprint density at radius 3 is 2.70 bits per heavy atom. The Hall–Kier alpha value is -0.130. The summed E-state index contributed by atoms with van der Waals surface area (Å²) in [6.45, 7) is 1.54. The molecule has 1 saturated heterocycles. The summed E-state index contributed by atoms with van der Waals surface area (Å²) in [6.07, 6.45) is 0. The minimum absolute atomic E-state index is 0. The Labute approximate surface area is 69.3 Å². The molecule has 0 aliphatic carbocycles. The molecule has 60 valence electrons. The smallest absolute Gasteiger partial charge is 0.323 e. The zero-order valence-corrected chi connectivity index (χ0v) is 7.08. The summed E-state index contributed by atoms with van der Waals surface area (Å²) in [7, 11) is 0. The van der Waals surface area contributed by atoms with Crippen LogP contribution in [0, 0.1) is 0 Å². The number of rotatable bonds is 1. The zero-order valence-electron chi connectivity index (χ0n) is 5.37. The first-order valence-electron chi connectivity index (χ1n) is 2.84. The van der Waals surface area contributed by atoms with Crippen molar-refractivity contribution in [1.82, 2.24) is 5.32 Å². The van der Waals surface area contributed by atoms with Crippen molar-refractivity contribution < 1.29 is 14.6 Å². The normalized spacial score (nSPS) is 25.0. The van der Waals surface area contributed by atoms with Gasteiger partial charge in [-0.15, -0.1) is 17.0 Å². The van der Waals surface area contributed by atoms with E-state index in [9.17, 15) is 4.79 Å². The van der Waals surface area contributed by atoms with Crippen molar-refractivity contribution >= 4 is 23.0 Å². The number of hydrogen-bond acceptors (Lipinski definition) is 3. The van der Waals surface area contributed by atoms with Crippen molar-refractivity contribution in [2.75, 3.05) is 19.8 Å². The molecule has 1 atom stereocenters. The van der Waals surface area contributed by atoms with Gasteiger partial charge < -0.3 is 15.2 Å². The van der Waals surface area contributed by atoms with Crippen LogP contribution in [0.25, 0.3) is 0 Å². The molecule has 4 nitrogen and oxygen atoms in total. The molecule has 0 aromatic heterocycles. The zero-order chi connectivity index (χ0) is 6.69. The summed E-state index contributed by atoms with van der Waals surface area (Å²) in [5.41, 5.74) is 0. The number of carbonyl (C=O) groups is 1. The molecule has 0 aromatic rings. The van der Waals surface area contributed by atoms with Gasteiger partial charge in [-0.3, -0.25) is 4.79 Å². The maximum atomic E-state index is 10.2. The number of carboxylic acid groups (broad SMARTS) is 1. The van der Waals surface area contributed by atoms with E-state index in [-0.39, 0.29) is 23.6 Å². The van der Waals surface area contributed by atoms with Gasteiger partial charge in [0.25, 0.3) is 0 Å². The predicted octanol–water partition coefficient (Wildman–Crippen LogP) is -0.363. The molecule has 5 heteroatoms. The highest BCUT2D eigenvalue weighted by Crippen LogP contribution is 1.91. The van der Waals surface area contributed by atoms with Crippen molar-refractivity contribution in [2.24, 2.45) is 0 Å². The second kappa shape index (κ2) is 4.65. The predicted molar refractivity (Wildman–Crippen MR) is 40.6 cm³/mol. The lowest BCUT2D eigenvalue weighted by atomic mass is 10.3. The molecule has 0 saturated carbocycles. The molecule has 1 heterocycles. The van der Waals surface area contributed by atoms with E-state index in [0.29, 0.717) is 13.2 Å². The van der Waals surface area contributed by atoms with E-state index >= 15 is 0 Å². The first-order valence-corrected chi connectivity index (χ1v) is 2.84. The van der Waals surface area contributed by atoms with E-state index in [4.69, 9.17) is 9.84 Å². The highest BCUT2D eigenvalue weighted by molar-refractivity contribution is 8.93. The first-order chi connectivity index (χ1) is 4.30. The summed E-state index contributed by atoms with van der Waals surface area (Å²) in [5, 5.41) is 11.2. The van der Waals surface area contributed by atoms with E-state index in [0.717, 1.165) is 0 Å². The SMILES string of the molecule is Br.O=C(O)C1COCCN1. The number of halogens is 1. The quantitative estimate of drug-likeness (QED) is 0.623. The van der Waals surface area contributed by atoms with Gasteiger partial charge in [-0.25, -0.2) is 0 Å². The number of ether oxygens (including phenoxy) is 1. The van der Waals surface area contributed by atoms with Crippen molar-refractivity contribution in [2.45, 2.75) is 6.04 Å². The van der Waals surface area contributed by atoms with Gasteiger partial charge in [-0.05, 0) is 0 Å². The molecular formula is C5H10BrNO3. The first kappa shape index (κ1) is 9.87. The molecule has 10 heavy (non-hydrogen) atoms. The van der Waals surface area contributed by atoms with E-state index in [1.54, 1.807) is 0 Å². The fourth-order valence-corrected chi connectivity index (χ4v) is 0.724. The molecule has 1 fully saturated rings. The second-order valence-electron chi connectivity index (χ2n) is 1.92. The lowest BCUT2D eigenvalue weighted by Gasteiger charge is -2.19. The van der Waals surface area contributed by atoms with Crippen LogP contribution < -0.4 is 5.32 Å². The molecule has 1 aliphatic heterocycles. The van der Waals surface area contributed by atoms with Crippen LogP contribution in [0.3, 0.4) is 0 Å². The fraction of sp³-hybridized carbons (Fsp3) is 0.800. The largest absolute Gasteiger partial charge is 0.480 e. The Morgan fingerprint density at radius 2 is 2.40 bits per heavy atom. The molecule has 1 unspecified atom stereocenters. The molecule has 0 bridgehead atoms.